The van der Waals surface area contributed by atoms with Gasteiger partial charge in [0, 0.05) is 15.3 Å². The van der Waals surface area contributed by atoms with E-state index in [1.807, 2.05) is 78.9 Å². The van der Waals surface area contributed by atoms with Crippen LogP contribution in [0.5, 0.6) is 0 Å². The van der Waals surface area contributed by atoms with Gasteiger partial charge in [0.1, 0.15) is 5.82 Å². The number of hydrogen-bond acceptors (Lipinski definition) is 6. The first-order chi connectivity index (χ1) is 18.1. The van der Waals surface area contributed by atoms with Crippen LogP contribution < -0.4 is 10.2 Å². The van der Waals surface area contributed by atoms with Gasteiger partial charge in [-0.1, -0.05) is 60.7 Å². The molecule has 0 aliphatic heterocycles. The van der Waals surface area contributed by atoms with Crippen LogP contribution in [0.2, 0.25) is 0 Å². The maximum atomic E-state index is 13.6. The van der Waals surface area contributed by atoms with Gasteiger partial charge in [0.15, 0.2) is 0 Å². The summed E-state index contributed by atoms with van der Waals surface area (Å²) in [6.07, 6.45) is 0. The summed E-state index contributed by atoms with van der Waals surface area (Å²) in [5, 5.41) is 5.55. The van der Waals surface area contributed by atoms with Gasteiger partial charge in [-0.05, 0) is 59.9 Å². The van der Waals surface area contributed by atoms with Crippen molar-refractivity contribution in [3.63, 3.8) is 0 Å². The fourth-order valence-electron chi connectivity index (χ4n) is 4.21. The number of rotatable bonds is 4. The number of carbonyl (C=O) groups excluding carboxylic acids is 1. The number of thiol groups is 1. The molecule has 0 amide bonds. The van der Waals surface area contributed by atoms with Gasteiger partial charge >= 0.3 is 10.9 Å². The van der Waals surface area contributed by atoms with E-state index < -0.39 is 0 Å². The Kier molecular flexibility index (Phi) is 5.96. The standard InChI is InChI=1S/C29H18N4O2S2/c34-26(33-28(37-29(36)31-33)21-11-5-2-6-12-21)20-15-17-22(18-16-20)32-25(19-9-3-1-4-10-19)30-24-14-8-7-13-23(24)27(32)35/h1-18H/p+1. The van der Waals surface area contributed by atoms with Crippen LogP contribution in [0.1, 0.15) is 10.4 Å². The molecule has 0 radical (unpaired) electrons. The van der Waals surface area contributed by atoms with Gasteiger partial charge in [-0.2, -0.15) is 0 Å². The van der Waals surface area contributed by atoms with Crippen LogP contribution in [-0.2, 0) is 0 Å². The molecule has 2 heterocycles. The van der Waals surface area contributed by atoms with Gasteiger partial charge in [0.25, 0.3) is 5.56 Å². The lowest BCUT2D eigenvalue weighted by Crippen LogP contribution is -2.46. The maximum Gasteiger partial charge on any atom is 0.450 e. The second-order valence-corrected chi connectivity index (χ2v) is 9.98. The van der Waals surface area contributed by atoms with Gasteiger partial charge < -0.3 is 0 Å². The van der Waals surface area contributed by atoms with E-state index in [-0.39, 0.29) is 11.5 Å². The number of hydrogen-bond donors (Lipinski definition) is 1. The number of nitrogens with zero attached hydrogens (tertiary/aromatic N) is 4. The van der Waals surface area contributed by atoms with Crippen LogP contribution in [0.25, 0.3) is 38.5 Å². The lowest BCUT2D eigenvalue weighted by atomic mass is 10.1. The Labute approximate surface area is 221 Å². The van der Waals surface area contributed by atoms with Crippen molar-refractivity contribution < 1.29 is 9.48 Å². The second kappa shape index (κ2) is 9.57. The Morgan fingerprint density at radius 1 is 0.784 bits per heavy atom. The van der Waals surface area contributed by atoms with Crippen LogP contribution in [0.15, 0.2) is 118 Å². The van der Waals surface area contributed by atoms with Gasteiger partial charge in [0.05, 0.1) is 27.7 Å². The van der Waals surface area contributed by atoms with Crippen molar-refractivity contribution in [3.05, 3.63) is 125 Å². The third-order valence-electron chi connectivity index (χ3n) is 5.96. The van der Waals surface area contributed by atoms with Gasteiger partial charge in [0.2, 0.25) is 4.34 Å². The fourth-order valence-corrected chi connectivity index (χ4v) is 5.32. The highest BCUT2D eigenvalue weighted by Gasteiger charge is 2.29. The molecule has 8 heteroatoms. The van der Waals surface area contributed by atoms with E-state index >= 15 is 0 Å². The molecule has 6 rings (SSSR count). The Bertz CT molecular complexity index is 1810. The van der Waals surface area contributed by atoms with E-state index in [9.17, 15) is 9.59 Å². The van der Waals surface area contributed by atoms with Crippen molar-refractivity contribution >= 4 is 40.8 Å². The first-order valence-electron chi connectivity index (χ1n) is 11.5. The summed E-state index contributed by atoms with van der Waals surface area (Å²) in [4.78, 5) is 31.8. The summed E-state index contributed by atoms with van der Waals surface area (Å²) >= 11 is 5.71. The number of fused-ring (bicyclic) bond motifs is 1. The van der Waals surface area contributed by atoms with E-state index in [0.29, 0.717) is 37.3 Å². The summed E-state index contributed by atoms with van der Waals surface area (Å²) in [6.45, 7) is 0. The largest absolute Gasteiger partial charge is 0.450 e. The van der Waals surface area contributed by atoms with Crippen LogP contribution in [0.3, 0.4) is 0 Å². The van der Waals surface area contributed by atoms with E-state index in [1.54, 1.807) is 34.9 Å². The van der Waals surface area contributed by atoms with E-state index in [0.717, 1.165) is 11.1 Å². The van der Waals surface area contributed by atoms with Gasteiger partial charge in [-0.25, -0.2) is 9.78 Å². The molecule has 0 atom stereocenters. The van der Waals surface area contributed by atoms with Crippen LogP contribution in [0.4, 0.5) is 0 Å². The fraction of sp³-hybridized carbons (Fsp3) is 0. The number of benzene rings is 4. The van der Waals surface area contributed by atoms with Crippen molar-refractivity contribution in [2.24, 2.45) is 0 Å². The summed E-state index contributed by atoms with van der Waals surface area (Å²) in [5.41, 5.74) is 3.20. The third kappa shape index (κ3) is 4.26. The topological polar surface area (TPSA) is 68.7 Å². The minimum Gasteiger partial charge on any atom is -0.268 e. The molecule has 0 spiro atoms. The molecule has 0 aliphatic carbocycles. The van der Waals surface area contributed by atoms with Gasteiger partial charge in [-0.15, -0.1) is 12.6 Å². The second-order valence-electron chi connectivity index (χ2n) is 8.28. The van der Waals surface area contributed by atoms with Crippen molar-refractivity contribution in [2.45, 2.75) is 4.34 Å². The van der Waals surface area contributed by atoms with Crippen LogP contribution in [0, 0.1) is 0 Å². The molecule has 4 aromatic carbocycles. The first-order valence-corrected chi connectivity index (χ1v) is 12.8. The molecule has 0 N–H and O–H groups in total. The number of para-hydroxylation sites is 1. The molecule has 0 aliphatic rings. The molecule has 6 aromatic rings. The molecular formula is C29H19N4O2S2+. The molecule has 0 saturated heterocycles. The monoisotopic (exact) mass is 519 g/mol. The lowest BCUT2D eigenvalue weighted by Gasteiger charge is -2.14. The number of carbonyl (C=O) groups is 1. The molecule has 178 valence electrons. The highest BCUT2D eigenvalue weighted by molar-refractivity contribution is 7.82. The average Bonchev–Trinajstić information content (AvgIpc) is 3.35. The molecule has 0 saturated carbocycles. The van der Waals surface area contributed by atoms with Gasteiger partial charge in [-0.3, -0.25) is 9.36 Å². The summed E-state index contributed by atoms with van der Waals surface area (Å²) < 4.78 is 3.45. The highest BCUT2D eigenvalue weighted by atomic mass is 32.2. The average molecular weight is 520 g/mol. The molecule has 0 fully saturated rings. The van der Waals surface area contributed by atoms with Crippen LogP contribution in [-0.4, -0.2) is 20.6 Å². The predicted octanol–water partition coefficient (Wildman–Crippen LogP) is 5.44. The molecule has 37 heavy (non-hydrogen) atoms. The summed E-state index contributed by atoms with van der Waals surface area (Å²) in [7, 11) is 0. The van der Waals surface area contributed by atoms with Crippen LogP contribution >= 0.6 is 24.0 Å². The normalized spacial score (nSPS) is 11.1. The summed E-state index contributed by atoms with van der Waals surface area (Å²) in [5.74, 6) is 0.248. The van der Waals surface area contributed by atoms with Crippen molar-refractivity contribution in [2.75, 3.05) is 0 Å². The zero-order valence-electron chi connectivity index (χ0n) is 19.4. The Morgan fingerprint density at radius 2 is 1.41 bits per heavy atom. The van der Waals surface area contributed by atoms with Crippen molar-refractivity contribution in [1.29, 1.82) is 0 Å². The zero-order valence-corrected chi connectivity index (χ0v) is 21.1. The quantitative estimate of drug-likeness (QED) is 0.249. The third-order valence-corrected chi connectivity index (χ3v) is 7.19. The maximum absolute atomic E-state index is 13.6. The molecule has 0 unspecified atom stereocenters. The Morgan fingerprint density at radius 3 is 2.11 bits per heavy atom. The molecular weight excluding hydrogens is 500 g/mol. The Balaban J connectivity index is 1.45. The van der Waals surface area contributed by atoms with E-state index in [4.69, 9.17) is 4.98 Å². The van der Waals surface area contributed by atoms with Crippen molar-refractivity contribution in [1.82, 2.24) is 14.6 Å². The minimum absolute atomic E-state index is 0.177. The van der Waals surface area contributed by atoms with E-state index in [1.165, 1.54) is 16.0 Å². The van der Waals surface area contributed by atoms with Crippen molar-refractivity contribution in [3.8, 4) is 27.6 Å². The summed E-state index contributed by atoms with van der Waals surface area (Å²) in [6, 6.07) is 33.4. The van der Waals surface area contributed by atoms with E-state index in [2.05, 4.69) is 17.7 Å². The molecule has 0 bridgehead atoms. The predicted molar refractivity (Wildman–Crippen MR) is 148 cm³/mol. The molecule has 2 aromatic heterocycles. The highest BCUT2D eigenvalue weighted by Crippen LogP contribution is 2.25. The molecule has 6 nitrogen and oxygen atoms in total. The lowest BCUT2D eigenvalue weighted by molar-refractivity contribution is -0.621. The Hall–Kier alpha value is -4.40. The SMILES string of the molecule is O=C(c1ccc(-n2c(-c3ccccc3)nc3ccccc3c2=O)cc1)[n+]1nc(S)sc1-c1ccccc1. The zero-order chi connectivity index (χ0) is 25.4. The first kappa shape index (κ1) is 23.0. The minimum atomic E-state index is -0.283. The number of aromatic nitrogens is 4. The smallest absolute Gasteiger partial charge is 0.268 e.